The van der Waals surface area contributed by atoms with Gasteiger partial charge in [0.2, 0.25) is 0 Å². The fraction of sp³-hybridized carbons (Fsp3) is 0.533. The van der Waals surface area contributed by atoms with Crippen molar-refractivity contribution in [2.75, 3.05) is 0 Å². The van der Waals surface area contributed by atoms with Crippen LogP contribution in [0, 0.1) is 11.3 Å². The summed E-state index contributed by atoms with van der Waals surface area (Å²) in [6.07, 6.45) is 5.21. The maximum atomic E-state index is 7.37. The molecule has 0 radical (unpaired) electrons. The molecule has 0 saturated heterocycles. The summed E-state index contributed by atoms with van der Waals surface area (Å²) in [5.74, 6) is 0.796. The van der Waals surface area contributed by atoms with Crippen LogP contribution in [0.2, 0.25) is 5.02 Å². The molecule has 1 aromatic carbocycles. The number of benzene rings is 1. The first kappa shape index (κ1) is 14.4. The second-order valence-electron chi connectivity index (χ2n) is 5.42. The van der Waals surface area contributed by atoms with Crippen LogP contribution in [0.15, 0.2) is 18.2 Å². The molecule has 3 nitrogen and oxygen atoms in total. The van der Waals surface area contributed by atoms with E-state index in [1.165, 1.54) is 12.8 Å². The van der Waals surface area contributed by atoms with E-state index in [-0.39, 0.29) is 5.84 Å². The second-order valence-corrected chi connectivity index (χ2v) is 5.83. The van der Waals surface area contributed by atoms with Crippen LogP contribution < -0.4 is 5.73 Å². The fourth-order valence-corrected chi connectivity index (χ4v) is 2.80. The summed E-state index contributed by atoms with van der Waals surface area (Å²) < 4.78 is 5.95. The standard InChI is InChI=1S/C15H21ClN2O/c1-10-3-2-4-13(7-10)19-9-12-6-5-11(15(17)18)8-14(12)16/h5-6,8,10,13H,2-4,7,9H2,1H3,(H3,17,18). The van der Waals surface area contributed by atoms with E-state index in [2.05, 4.69) is 6.92 Å². The molecular weight excluding hydrogens is 260 g/mol. The highest BCUT2D eigenvalue weighted by molar-refractivity contribution is 6.31. The second kappa shape index (κ2) is 6.40. The monoisotopic (exact) mass is 280 g/mol. The molecule has 0 heterocycles. The lowest BCUT2D eigenvalue weighted by Gasteiger charge is -2.27. The minimum atomic E-state index is 0.0375. The first-order chi connectivity index (χ1) is 9.06. The molecule has 1 fully saturated rings. The molecule has 2 unspecified atom stereocenters. The van der Waals surface area contributed by atoms with Gasteiger partial charge in [-0.2, -0.15) is 0 Å². The summed E-state index contributed by atoms with van der Waals surface area (Å²) in [5, 5.41) is 8.00. The van der Waals surface area contributed by atoms with Crippen LogP contribution in [0.5, 0.6) is 0 Å². The van der Waals surface area contributed by atoms with Crippen molar-refractivity contribution in [3.05, 3.63) is 34.3 Å². The van der Waals surface area contributed by atoms with Crippen LogP contribution in [-0.4, -0.2) is 11.9 Å². The Kier molecular flexibility index (Phi) is 4.83. The van der Waals surface area contributed by atoms with Crippen LogP contribution in [0.3, 0.4) is 0 Å². The highest BCUT2D eigenvalue weighted by Crippen LogP contribution is 2.27. The first-order valence-electron chi connectivity index (χ1n) is 6.80. The third-order valence-electron chi connectivity index (χ3n) is 3.73. The summed E-state index contributed by atoms with van der Waals surface area (Å²) in [7, 11) is 0. The van der Waals surface area contributed by atoms with Crippen LogP contribution in [0.1, 0.15) is 43.7 Å². The molecule has 4 heteroatoms. The van der Waals surface area contributed by atoms with Crippen molar-refractivity contribution in [1.82, 2.24) is 0 Å². The molecule has 0 spiro atoms. The van der Waals surface area contributed by atoms with Crippen molar-refractivity contribution >= 4 is 17.4 Å². The number of rotatable bonds is 4. The van der Waals surface area contributed by atoms with E-state index >= 15 is 0 Å². The predicted molar refractivity (Wildman–Crippen MR) is 78.7 cm³/mol. The molecule has 1 aromatic rings. The van der Waals surface area contributed by atoms with E-state index in [0.717, 1.165) is 24.3 Å². The molecule has 1 aliphatic carbocycles. The molecule has 3 N–H and O–H groups in total. The number of nitrogen functional groups attached to an aromatic ring is 1. The van der Waals surface area contributed by atoms with E-state index in [1.807, 2.05) is 12.1 Å². The van der Waals surface area contributed by atoms with Gasteiger partial charge in [0, 0.05) is 10.6 Å². The van der Waals surface area contributed by atoms with Crippen molar-refractivity contribution in [3.63, 3.8) is 0 Å². The third-order valence-corrected chi connectivity index (χ3v) is 4.08. The lowest BCUT2D eigenvalue weighted by molar-refractivity contribution is 0.00470. The number of nitrogens with one attached hydrogen (secondary N) is 1. The molecule has 19 heavy (non-hydrogen) atoms. The van der Waals surface area contributed by atoms with Crippen LogP contribution in [-0.2, 0) is 11.3 Å². The summed E-state index contributed by atoms with van der Waals surface area (Å²) in [5.41, 5.74) is 7.05. The maximum absolute atomic E-state index is 7.37. The first-order valence-corrected chi connectivity index (χ1v) is 7.18. The summed E-state index contributed by atoms with van der Waals surface area (Å²) in [4.78, 5) is 0. The van der Waals surface area contributed by atoms with E-state index < -0.39 is 0 Å². The molecular formula is C15H21ClN2O. The van der Waals surface area contributed by atoms with Crippen LogP contribution >= 0.6 is 11.6 Å². The molecule has 1 saturated carbocycles. The SMILES string of the molecule is CC1CCCC(OCc2ccc(C(=N)N)cc2Cl)C1. The van der Waals surface area contributed by atoms with Crippen LogP contribution in [0.25, 0.3) is 0 Å². The molecule has 0 aromatic heterocycles. The topological polar surface area (TPSA) is 59.1 Å². The zero-order chi connectivity index (χ0) is 13.8. The average molecular weight is 281 g/mol. The fourth-order valence-electron chi connectivity index (χ4n) is 2.57. The minimum absolute atomic E-state index is 0.0375. The van der Waals surface area contributed by atoms with Crippen molar-refractivity contribution in [1.29, 1.82) is 5.41 Å². The van der Waals surface area contributed by atoms with Gasteiger partial charge in [-0.25, -0.2) is 0 Å². The number of hydrogen-bond donors (Lipinski definition) is 2. The summed E-state index contributed by atoms with van der Waals surface area (Å²) in [6, 6.07) is 5.44. The zero-order valence-electron chi connectivity index (χ0n) is 11.3. The quantitative estimate of drug-likeness (QED) is 0.652. The number of amidine groups is 1. The molecule has 0 bridgehead atoms. The Balaban J connectivity index is 1.94. The van der Waals surface area contributed by atoms with Gasteiger partial charge in [-0.3, -0.25) is 5.41 Å². The Morgan fingerprint density at radius 2 is 2.26 bits per heavy atom. The number of hydrogen-bond acceptors (Lipinski definition) is 2. The van der Waals surface area contributed by atoms with Gasteiger partial charge in [-0.05, 0) is 30.4 Å². The largest absolute Gasteiger partial charge is 0.384 e. The Morgan fingerprint density at radius 1 is 1.47 bits per heavy atom. The minimum Gasteiger partial charge on any atom is -0.384 e. The van der Waals surface area contributed by atoms with Gasteiger partial charge >= 0.3 is 0 Å². The molecule has 0 aliphatic heterocycles. The smallest absolute Gasteiger partial charge is 0.122 e. The van der Waals surface area contributed by atoms with Crippen molar-refractivity contribution in [2.24, 2.45) is 11.7 Å². The molecule has 104 valence electrons. The van der Waals surface area contributed by atoms with Gasteiger partial charge in [0.15, 0.2) is 0 Å². The Hall–Kier alpha value is -1.06. The Bertz CT molecular complexity index is 461. The number of ether oxygens (including phenoxy) is 1. The number of halogens is 1. The Morgan fingerprint density at radius 3 is 2.89 bits per heavy atom. The van der Waals surface area contributed by atoms with E-state index in [4.69, 9.17) is 27.5 Å². The Labute approximate surface area is 119 Å². The third kappa shape index (κ3) is 3.95. The van der Waals surface area contributed by atoms with Gasteiger partial charge in [0.05, 0.1) is 12.7 Å². The normalized spacial score (nSPS) is 23.3. The predicted octanol–water partition coefficient (Wildman–Crippen LogP) is 3.72. The lowest BCUT2D eigenvalue weighted by Crippen LogP contribution is -2.21. The highest BCUT2D eigenvalue weighted by Gasteiger charge is 2.19. The maximum Gasteiger partial charge on any atom is 0.122 e. The van der Waals surface area contributed by atoms with Gasteiger partial charge in [-0.1, -0.05) is 43.5 Å². The van der Waals surface area contributed by atoms with E-state index in [0.29, 0.717) is 23.3 Å². The van der Waals surface area contributed by atoms with E-state index in [9.17, 15) is 0 Å². The zero-order valence-corrected chi connectivity index (χ0v) is 12.0. The van der Waals surface area contributed by atoms with Gasteiger partial charge in [-0.15, -0.1) is 0 Å². The molecule has 2 rings (SSSR count). The van der Waals surface area contributed by atoms with Crippen molar-refractivity contribution in [2.45, 2.75) is 45.3 Å². The molecule has 2 atom stereocenters. The summed E-state index contributed by atoms with van der Waals surface area (Å²) in [6.45, 7) is 2.82. The van der Waals surface area contributed by atoms with Crippen molar-refractivity contribution < 1.29 is 4.74 Å². The van der Waals surface area contributed by atoms with Crippen molar-refractivity contribution in [3.8, 4) is 0 Å². The van der Waals surface area contributed by atoms with Gasteiger partial charge < -0.3 is 10.5 Å². The molecule has 0 amide bonds. The van der Waals surface area contributed by atoms with Gasteiger partial charge in [0.25, 0.3) is 0 Å². The summed E-state index contributed by atoms with van der Waals surface area (Å²) >= 11 is 6.19. The van der Waals surface area contributed by atoms with Gasteiger partial charge in [0.1, 0.15) is 5.84 Å². The molecule has 1 aliphatic rings. The highest BCUT2D eigenvalue weighted by atomic mass is 35.5. The van der Waals surface area contributed by atoms with Crippen LogP contribution in [0.4, 0.5) is 0 Å². The average Bonchev–Trinajstić information content (AvgIpc) is 2.37. The lowest BCUT2D eigenvalue weighted by atomic mass is 9.89. The van der Waals surface area contributed by atoms with E-state index in [1.54, 1.807) is 6.07 Å². The number of nitrogens with two attached hydrogens (primary N) is 1.